The molecular formula is C25H24BrCl2FN2O5. The van der Waals surface area contributed by atoms with Crippen LogP contribution in [0.1, 0.15) is 45.1 Å². The van der Waals surface area contributed by atoms with E-state index in [1.54, 1.807) is 26.8 Å². The molecule has 4 amide bonds. The van der Waals surface area contributed by atoms with Gasteiger partial charge in [-0.3, -0.25) is 29.0 Å². The van der Waals surface area contributed by atoms with Crippen molar-refractivity contribution < 1.29 is 28.7 Å². The van der Waals surface area contributed by atoms with Crippen LogP contribution in [-0.4, -0.2) is 59.3 Å². The molecule has 11 heteroatoms. The molecule has 36 heavy (non-hydrogen) atoms. The number of carbonyl (C=O) groups is 4. The van der Waals surface area contributed by atoms with Gasteiger partial charge in [0.1, 0.15) is 0 Å². The number of phenols is 1. The molecule has 1 aromatic carbocycles. The smallest absolute Gasteiger partial charge is 0.254 e. The van der Waals surface area contributed by atoms with E-state index in [9.17, 15) is 28.7 Å². The highest BCUT2D eigenvalue weighted by Gasteiger charge is 2.76. The number of benzene rings is 1. The summed E-state index contributed by atoms with van der Waals surface area (Å²) < 4.78 is 14.5. The lowest BCUT2D eigenvalue weighted by atomic mass is 9.56. The molecular weight excluding hydrogens is 578 g/mol. The summed E-state index contributed by atoms with van der Waals surface area (Å²) in [7, 11) is 0. The summed E-state index contributed by atoms with van der Waals surface area (Å²) in [5.41, 5.74) is -0.0839. The van der Waals surface area contributed by atoms with E-state index < -0.39 is 62.3 Å². The highest BCUT2D eigenvalue weighted by Crippen LogP contribution is 2.65. The molecule has 2 heterocycles. The Hall–Kier alpha value is -1.97. The molecule has 0 unspecified atom stereocenters. The van der Waals surface area contributed by atoms with Crippen molar-refractivity contribution in [2.75, 3.05) is 5.45 Å². The zero-order valence-corrected chi connectivity index (χ0v) is 22.8. The summed E-state index contributed by atoms with van der Waals surface area (Å²) in [6.45, 7) is 5.33. The minimum absolute atomic E-state index is 0.132. The first-order chi connectivity index (χ1) is 16.7. The highest BCUT2D eigenvalue weighted by molar-refractivity contribution is 9.09. The van der Waals surface area contributed by atoms with Crippen molar-refractivity contribution >= 4 is 62.8 Å². The van der Waals surface area contributed by atoms with Crippen molar-refractivity contribution in [1.29, 1.82) is 0 Å². The van der Waals surface area contributed by atoms with E-state index in [-0.39, 0.29) is 35.7 Å². The maximum Gasteiger partial charge on any atom is 0.254 e. The van der Waals surface area contributed by atoms with Gasteiger partial charge in [-0.1, -0.05) is 33.6 Å². The molecule has 2 aliphatic heterocycles. The third-order valence-corrected chi connectivity index (χ3v) is 9.91. The lowest BCUT2D eigenvalue weighted by Crippen LogP contribution is -2.60. The van der Waals surface area contributed by atoms with E-state index in [1.165, 1.54) is 11.0 Å². The minimum atomic E-state index is -2.01. The number of rotatable bonds is 2. The van der Waals surface area contributed by atoms with E-state index in [0.29, 0.717) is 5.57 Å². The minimum Gasteiger partial charge on any atom is -0.505 e. The lowest BCUT2D eigenvalue weighted by Gasteiger charge is -2.50. The second-order valence-corrected chi connectivity index (χ2v) is 12.6. The molecule has 7 nitrogen and oxygen atoms in total. The van der Waals surface area contributed by atoms with Crippen molar-refractivity contribution in [3.8, 4) is 5.75 Å². The largest absolute Gasteiger partial charge is 0.505 e. The molecule has 1 N–H and O–H groups in total. The number of carbonyl (C=O) groups excluding carboxylic acids is 4. The van der Waals surface area contributed by atoms with Gasteiger partial charge in [0.25, 0.3) is 11.8 Å². The molecule has 6 atom stereocenters. The zero-order valence-electron chi connectivity index (χ0n) is 19.7. The van der Waals surface area contributed by atoms with Crippen LogP contribution in [0.25, 0.3) is 0 Å². The van der Waals surface area contributed by atoms with E-state index in [2.05, 4.69) is 15.9 Å². The fourth-order valence-corrected chi connectivity index (χ4v) is 7.92. The fraction of sp³-hybridized carbons (Fsp3) is 0.520. The van der Waals surface area contributed by atoms with Gasteiger partial charge in [0.05, 0.1) is 17.3 Å². The third-order valence-electron chi connectivity index (χ3n) is 7.99. The van der Waals surface area contributed by atoms with Gasteiger partial charge >= 0.3 is 0 Å². The number of likely N-dealkylation sites (tertiary alicyclic amines) is 2. The van der Waals surface area contributed by atoms with Gasteiger partial charge in [-0.15, -0.1) is 23.2 Å². The number of allylic oxidation sites excluding steroid dienone is 2. The molecule has 192 valence electrons. The van der Waals surface area contributed by atoms with Crippen LogP contribution >= 0.6 is 39.1 Å². The van der Waals surface area contributed by atoms with Gasteiger partial charge in [0.15, 0.2) is 21.3 Å². The highest BCUT2D eigenvalue weighted by atomic mass is 79.9. The normalized spacial score (nSPS) is 36.1. The number of hydrogen-bond donors (Lipinski definition) is 1. The topological polar surface area (TPSA) is 95.0 Å². The first kappa shape index (κ1) is 25.7. The number of imide groups is 2. The first-order valence-corrected chi connectivity index (χ1v) is 13.4. The van der Waals surface area contributed by atoms with E-state index in [0.717, 1.165) is 17.0 Å². The monoisotopic (exact) mass is 600 g/mol. The number of halogens is 4. The van der Waals surface area contributed by atoms with Crippen LogP contribution in [0.15, 0.2) is 29.8 Å². The Morgan fingerprint density at radius 1 is 1.11 bits per heavy atom. The van der Waals surface area contributed by atoms with Crippen LogP contribution in [0.5, 0.6) is 5.75 Å². The first-order valence-electron chi connectivity index (χ1n) is 11.6. The molecule has 1 aromatic rings. The summed E-state index contributed by atoms with van der Waals surface area (Å²) in [5, 5.41) is 9.77. The van der Waals surface area contributed by atoms with Crippen molar-refractivity contribution in [1.82, 2.24) is 9.80 Å². The predicted octanol–water partition coefficient (Wildman–Crippen LogP) is 4.04. The summed E-state index contributed by atoms with van der Waals surface area (Å²) in [5.74, 6) is -6.78. The average molecular weight is 602 g/mol. The van der Waals surface area contributed by atoms with Gasteiger partial charge in [0, 0.05) is 11.5 Å². The lowest BCUT2D eigenvalue weighted by molar-refractivity contribution is -0.146. The number of amides is 4. The number of hydrogen-bond acceptors (Lipinski definition) is 5. The number of alkyl halides is 3. The van der Waals surface area contributed by atoms with Crippen LogP contribution in [0, 0.1) is 23.6 Å². The molecule has 0 spiro atoms. The maximum absolute atomic E-state index is 14.5. The molecule has 0 aromatic heterocycles. The van der Waals surface area contributed by atoms with Crippen molar-refractivity contribution in [2.24, 2.45) is 17.8 Å². The number of fused-ring (bicyclic) bond motifs is 4. The number of phenolic OH excluding ortho intramolecular Hbond substituents is 1. The molecule has 2 saturated heterocycles. The Kier molecular flexibility index (Phi) is 5.71. The third kappa shape index (κ3) is 3.08. The molecule has 3 fully saturated rings. The predicted molar refractivity (Wildman–Crippen MR) is 133 cm³/mol. The average Bonchev–Trinajstić information content (AvgIpc) is 3.14. The Bertz CT molecular complexity index is 1270. The molecule has 4 aliphatic rings. The standard InChI is InChI=1S/C25H24BrCl2FN2O5/c1-23(2,3)31-19(33)13-6-5-12-14(17(13)20(31)34)9-24(27)21(35)30(10-26)22(36)25(24,28)18(12)11-4-7-16(32)15(29)8-11/h4-5,7-8,13-14,17-18,32H,6,9-10H2,1-3H3/t13-,14+,17-,18-,24+,25-/m0/s1. The number of nitrogens with zero attached hydrogens (tertiary/aromatic N) is 2. The second-order valence-electron chi connectivity index (χ2n) is 10.9. The summed E-state index contributed by atoms with van der Waals surface area (Å²) >= 11 is 17.3. The summed E-state index contributed by atoms with van der Waals surface area (Å²) in [4.78, 5) is 52.3. The summed E-state index contributed by atoms with van der Waals surface area (Å²) in [6.07, 6.45) is 1.89. The second kappa shape index (κ2) is 8.01. The molecule has 0 radical (unpaired) electrons. The van der Waals surface area contributed by atoms with Gasteiger partial charge in [-0.05, 0) is 57.2 Å². The van der Waals surface area contributed by atoms with Crippen LogP contribution < -0.4 is 0 Å². The molecule has 2 aliphatic carbocycles. The van der Waals surface area contributed by atoms with Crippen LogP contribution in [0.3, 0.4) is 0 Å². The Balaban J connectivity index is 1.73. The zero-order chi connectivity index (χ0) is 26.5. The molecule has 0 bridgehead atoms. The Labute approximate surface area is 225 Å². The van der Waals surface area contributed by atoms with Crippen LogP contribution in [-0.2, 0) is 19.2 Å². The Morgan fingerprint density at radius 2 is 1.78 bits per heavy atom. The van der Waals surface area contributed by atoms with Gasteiger partial charge in [-0.2, -0.15) is 0 Å². The van der Waals surface area contributed by atoms with Gasteiger partial charge in [0.2, 0.25) is 11.8 Å². The van der Waals surface area contributed by atoms with Crippen molar-refractivity contribution in [3.63, 3.8) is 0 Å². The van der Waals surface area contributed by atoms with Crippen molar-refractivity contribution in [3.05, 3.63) is 41.2 Å². The summed E-state index contributed by atoms with van der Waals surface area (Å²) in [6, 6.07) is 3.64. The van der Waals surface area contributed by atoms with Crippen LogP contribution in [0.4, 0.5) is 4.39 Å². The molecule has 5 rings (SSSR count). The Morgan fingerprint density at radius 3 is 2.36 bits per heavy atom. The fourth-order valence-electron chi connectivity index (χ4n) is 6.49. The SMILES string of the molecule is CC(C)(C)N1C(=O)[C@H]2[C@H](CC=C3[C@H]2C[C@@]2(Cl)C(=O)N(CBr)C(=O)[C@@]2(Cl)[C@H]3c2ccc(O)c(F)c2)C1=O. The maximum atomic E-state index is 14.5. The van der Waals surface area contributed by atoms with E-state index in [4.69, 9.17) is 23.2 Å². The van der Waals surface area contributed by atoms with Gasteiger partial charge in [-0.25, -0.2) is 4.39 Å². The number of aromatic hydroxyl groups is 1. The van der Waals surface area contributed by atoms with E-state index >= 15 is 0 Å². The quantitative estimate of drug-likeness (QED) is 0.239. The van der Waals surface area contributed by atoms with Crippen LogP contribution in [0.2, 0.25) is 0 Å². The van der Waals surface area contributed by atoms with E-state index in [1.807, 2.05) is 0 Å². The van der Waals surface area contributed by atoms with Gasteiger partial charge < -0.3 is 5.11 Å². The molecule has 1 saturated carbocycles. The van der Waals surface area contributed by atoms with Crippen molar-refractivity contribution in [2.45, 2.75) is 54.8 Å².